The summed E-state index contributed by atoms with van der Waals surface area (Å²) in [7, 11) is 1.74. The van der Waals surface area contributed by atoms with Gasteiger partial charge in [0, 0.05) is 55.9 Å². The Labute approximate surface area is 173 Å². The number of ether oxygens (including phenoxy) is 1. The van der Waals surface area contributed by atoms with Crippen LogP contribution >= 0.6 is 0 Å². The molecule has 0 atom stereocenters. The molecule has 1 aromatic carbocycles. The second-order valence-corrected chi connectivity index (χ2v) is 7.35. The molecule has 2 aromatic heterocycles. The summed E-state index contributed by atoms with van der Waals surface area (Å²) >= 11 is 0. The molecule has 0 bridgehead atoms. The summed E-state index contributed by atoms with van der Waals surface area (Å²) in [5.41, 5.74) is 3.38. The molecule has 1 fully saturated rings. The number of anilines is 1. The van der Waals surface area contributed by atoms with E-state index in [4.69, 9.17) is 4.74 Å². The highest BCUT2D eigenvalue weighted by Gasteiger charge is 2.22. The van der Waals surface area contributed by atoms with Crippen LogP contribution in [-0.2, 0) is 0 Å². The maximum absolute atomic E-state index is 5.53. The zero-order chi connectivity index (χ0) is 19.9. The fourth-order valence-electron chi connectivity index (χ4n) is 4.03. The molecule has 1 aliphatic heterocycles. The van der Waals surface area contributed by atoms with Crippen LogP contribution in [0, 0.1) is 0 Å². The second kappa shape index (κ2) is 9.52. The van der Waals surface area contributed by atoms with Gasteiger partial charge in [-0.05, 0) is 49.4 Å². The standard InChI is InChI=1S/C24H28N4O/c1-29-24-11-3-2-10-23(24)28-18-16-27(17-19-28)15-12-20(21-8-4-6-13-25-21)22-9-5-7-14-26-22/h2-11,13-14,20H,12,15-19H2,1H3. The minimum atomic E-state index is 0.227. The Morgan fingerprint density at radius 3 is 2.03 bits per heavy atom. The molecule has 0 radical (unpaired) electrons. The Morgan fingerprint density at radius 2 is 1.45 bits per heavy atom. The number of aromatic nitrogens is 2. The van der Waals surface area contributed by atoms with E-state index in [1.807, 2.05) is 36.7 Å². The van der Waals surface area contributed by atoms with E-state index >= 15 is 0 Å². The Kier molecular flexibility index (Phi) is 6.37. The molecule has 0 unspecified atom stereocenters. The second-order valence-electron chi connectivity index (χ2n) is 7.35. The third-order valence-electron chi connectivity index (χ3n) is 5.62. The first-order valence-corrected chi connectivity index (χ1v) is 10.3. The molecule has 4 rings (SSSR count). The van der Waals surface area contributed by atoms with E-state index in [9.17, 15) is 0 Å². The minimum Gasteiger partial charge on any atom is -0.495 e. The van der Waals surface area contributed by atoms with E-state index in [1.54, 1.807) is 7.11 Å². The van der Waals surface area contributed by atoms with Gasteiger partial charge in [-0.2, -0.15) is 0 Å². The van der Waals surface area contributed by atoms with Crippen molar-refractivity contribution in [2.75, 3.05) is 44.7 Å². The van der Waals surface area contributed by atoms with Crippen LogP contribution in [0.5, 0.6) is 5.75 Å². The van der Waals surface area contributed by atoms with Crippen LogP contribution in [-0.4, -0.2) is 54.7 Å². The fourth-order valence-corrected chi connectivity index (χ4v) is 4.03. The fraction of sp³-hybridized carbons (Fsp3) is 0.333. The van der Waals surface area contributed by atoms with Gasteiger partial charge in [-0.1, -0.05) is 24.3 Å². The summed E-state index contributed by atoms with van der Waals surface area (Å²) < 4.78 is 5.53. The molecule has 0 N–H and O–H groups in total. The smallest absolute Gasteiger partial charge is 0.142 e. The quantitative estimate of drug-likeness (QED) is 0.615. The summed E-state index contributed by atoms with van der Waals surface area (Å²) in [4.78, 5) is 14.2. The van der Waals surface area contributed by atoms with Gasteiger partial charge in [0.1, 0.15) is 5.75 Å². The molecule has 3 aromatic rings. The van der Waals surface area contributed by atoms with Gasteiger partial charge in [-0.3, -0.25) is 14.9 Å². The molecule has 0 spiro atoms. The predicted octanol–water partition coefficient (Wildman–Crippen LogP) is 3.83. The molecular formula is C24H28N4O. The maximum atomic E-state index is 5.53. The first kappa shape index (κ1) is 19.4. The van der Waals surface area contributed by atoms with Crippen molar-refractivity contribution in [3.05, 3.63) is 84.4 Å². The van der Waals surface area contributed by atoms with Crippen LogP contribution in [0.4, 0.5) is 5.69 Å². The molecule has 29 heavy (non-hydrogen) atoms. The number of nitrogens with zero attached hydrogens (tertiary/aromatic N) is 4. The van der Waals surface area contributed by atoms with Gasteiger partial charge < -0.3 is 9.64 Å². The molecule has 3 heterocycles. The molecule has 0 saturated carbocycles. The Balaban J connectivity index is 1.38. The van der Waals surface area contributed by atoms with Crippen LogP contribution in [0.2, 0.25) is 0 Å². The highest BCUT2D eigenvalue weighted by molar-refractivity contribution is 5.58. The van der Waals surface area contributed by atoms with E-state index in [2.05, 4.69) is 56.2 Å². The van der Waals surface area contributed by atoms with Crippen LogP contribution < -0.4 is 9.64 Å². The van der Waals surface area contributed by atoms with Crippen molar-refractivity contribution in [1.29, 1.82) is 0 Å². The molecule has 150 valence electrons. The van der Waals surface area contributed by atoms with Crippen molar-refractivity contribution in [1.82, 2.24) is 14.9 Å². The number of rotatable bonds is 7. The predicted molar refractivity (Wildman–Crippen MR) is 117 cm³/mol. The van der Waals surface area contributed by atoms with Gasteiger partial charge in [-0.15, -0.1) is 0 Å². The summed E-state index contributed by atoms with van der Waals surface area (Å²) in [6.45, 7) is 5.17. The van der Waals surface area contributed by atoms with E-state index in [0.717, 1.165) is 56.3 Å². The van der Waals surface area contributed by atoms with Crippen molar-refractivity contribution in [2.24, 2.45) is 0 Å². The molecule has 0 amide bonds. The highest BCUT2D eigenvalue weighted by atomic mass is 16.5. The van der Waals surface area contributed by atoms with Crippen LogP contribution in [0.25, 0.3) is 0 Å². The lowest BCUT2D eigenvalue weighted by molar-refractivity contribution is 0.250. The highest BCUT2D eigenvalue weighted by Crippen LogP contribution is 2.29. The van der Waals surface area contributed by atoms with Gasteiger partial charge in [0.15, 0.2) is 0 Å². The lowest BCUT2D eigenvalue weighted by Gasteiger charge is -2.37. The van der Waals surface area contributed by atoms with E-state index in [1.165, 1.54) is 5.69 Å². The topological polar surface area (TPSA) is 41.5 Å². The normalized spacial score (nSPS) is 14.9. The van der Waals surface area contributed by atoms with Gasteiger partial charge >= 0.3 is 0 Å². The molecule has 1 saturated heterocycles. The van der Waals surface area contributed by atoms with E-state index in [0.29, 0.717) is 0 Å². The maximum Gasteiger partial charge on any atom is 0.142 e. The number of methoxy groups -OCH3 is 1. The molecular weight excluding hydrogens is 360 g/mol. The third-order valence-corrected chi connectivity index (χ3v) is 5.62. The van der Waals surface area contributed by atoms with Crippen molar-refractivity contribution < 1.29 is 4.74 Å². The lowest BCUT2D eigenvalue weighted by atomic mass is 9.95. The molecule has 5 heteroatoms. The Morgan fingerprint density at radius 1 is 0.828 bits per heavy atom. The summed E-state index contributed by atoms with van der Waals surface area (Å²) in [6.07, 6.45) is 4.76. The Hall–Kier alpha value is -2.92. The largest absolute Gasteiger partial charge is 0.495 e. The lowest BCUT2D eigenvalue weighted by Crippen LogP contribution is -2.47. The number of para-hydroxylation sites is 2. The van der Waals surface area contributed by atoms with E-state index in [-0.39, 0.29) is 5.92 Å². The monoisotopic (exact) mass is 388 g/mol. The molecule has 0 aliphatic carbocycles. The molecule has 5 nitrogen and oxygen atoms in total. The summed E-state index contributed by atoms with van der Waals surface area (Å²) in [6, 6.07) is 20.6. The van der Waals surface area contributed by atoms with Crippen molar-refractivity contribution in [3.8, 4) is 5.75 Å². The van der Waals surface area contributed by atoms with Crippen LogP contribution in [0.1, 0.15) is 23.7 Å². The zero-order valence-corrected chi connectivity index (χ0v) is 16.9. The number of pyridine rings is 2. The van der Waals surface area contributed by atoms with Crippen LogP contribution in [0.15, 0.2) is 73.1 Å². The van der Waals surface area contributed by atoms with Crippen molar-refractivity contribution in [3.63, 3.8) is 0 Å². The summed E-state index contributed by atoms with van der Waals surface area (Å²) in [5, 5.41) is 0. The van der Waals surface area contributed by atoms with E-state index < -0.39 is 0 Å². The summed E-state index contributed by atoms with van der Waals surface area (Å²) in [5.74, 6) is 1.18. The number of benzene rings is 1. The number of hydrogen-bond donors (Lipinski definition) is 0. The van der Waals surface area contributed by atoms with Gasteiger partial charge in [-0.25, -0.2) is 0 Å². The van der Waals surface area contributed by atoms with Crippen LogP contribution in [0.3, 0.4) is 0 Å². The first-order valence-electron chi connectivity index (χ1n) is 10.3. The Bertz CT molecular complexity index is 840. The third kappa shape index (κ3) is 4.74. The number of hydrogen-bond acceptors (Lipinski definition) is 5. The average molecular weight is 389 g/mol. The van der Waals surface area contributed by atoms with Gasteiger partial charge in [0.2, 0.25) is 0 Å². The molecule has 1 aliphatic rings. The van der Waals surface area contributed by atoms with Gasteiger partial charge in [0.05, 0.1) is 12.8 Å². The van der Waals surface area contributed by atoms with Crippen molar-refractivity contribution >= 4 is 5.69 Å². The van der Waals surface area contributed by atoms with Gasteiger partial charge in [0.25, 0.3) is 0 Å². The SMILES string of the molecule is COc1ccccc1N1CCN(CCC(c2ccccn2)c2ccccn2)CC1. The van der Waals surface area contributed by atoms with Crippen molar-refractivity contribution in [2.45, 2.75) is 12.3 Å². The number of piperazine rings is 1. The average Bonchev–Trinajstić information content (AvgIpc) is 2.81. The minimum absolute atomic E-state index is 0.227. The first-order chi connectivity index (χ1) is 14.3. The zero-order valence-electron chi connectivity index (χ0n) is 16.9.